The molecule has 1 unspecified atom stereocenters. The minimum atomic E-state index is -0.670. The van der Waals surface area contributed by atoms with Gasteiger partial charge in [0.1, 0.15) is 17.2 Å². The van der Waals surface area contributed by atoms with Crippen molar-refractivity contribution in [2.75, 3.05) is 20.6 Å². The standard InChI is InChI=1S/C26H25F2NO2/c1-29(2)15-3-14-26(21-7-11-23(28)12-8-21)24-13-6-19(16-20(24)17-31-26)25(30)18-4-9-22(27)10-5-18/h4-13,16H,3,14-15,17H2,1-2H3. The summed E-state index contributed by atoms with van der Waals surface area (Å²) < 4.78 is 33.1. The molecule has 0 saturated carbocycles. The van der Waals surface area contributed by atoms with Crippen LogP contribution in [0.15, 0.2) is 66.7 Å². The number of benzene rings is 3. The van der Waals surface area contributed by atoms with Crippen molar-refractivity contribution >= 4 is 5.78 Å². The second kappa shape index (κ2) is 8.69. The molecule has 3 nitrogen and oxygen atoms in total. The van der Waals surface area contributed by atoms with Crippen molar-refractivity contribution in [1.82, 2.24) is 4.90 Å². The lowest BCUT2D eigenvalue weighted by molar-refractivity contribution is -0.0140. The number of nitrogens with zero attached hydrogens (tertiary/aromatic N) is 1. The Labute approximate surface area is 181 Å². The largest absolute Gasteiger partial charge is 0.361 e. The van der Waals surface area contributed by atoms with Crippen molar-refractivity contribution in [3.05, 3.63) is 106 Å². The maximum absolute atomic E-state index is 13.6. The number of ketones is 1. The third kappa shape index (κ3) is 4.29. The summed E-state index contributed by atoms with van der Waals surface area (Å²) in [4.78, 5) is 15.0. The molecule has 0 fully saturated rings. The van der Waals surface area contributed by atoms with Gasteiger partial charge in [-0.2, -0.15) is 0 Å². The molecule has 160 valence electrons. The number of rotatable bonds is 7. The molecule has 1 aliphatic heterocycles. The lowest BCUT2D eigenvalue weighted by Crippen LogP contribution is -2.28. The van der Waals surface area contributed by atoms with Crippen LogP contribution in [0.4, 0.5) is 8.78 Å². The lowest BCUT2D eigenvalue weighted by Gasteiger charge is -2.31. The second-order valence-corrected chi connectivity index (χ2v) is 8.24. The van der Waals surface area contributed by atoms with Gasteiger partial charge in [0.05, 0.1) is 6.61 Å². The van der Waals surface area contributed by atoms with Crippen molar-refractivity contribution in [2.24, 2.45) is 0 Å². The summed E-state index contributed by atoms with van der Waals surface area (Å²) in [5.41, 5.74) is 3.17. The van der Waals surface area contributed by atoms with Gasteiger partial charge in [-0.05, 0) is 92.6 Å². The first-order valence-electron chi connectivity index (χ1n) is 10.4. The van der Waals surface area contributed by atoms with E-state index in [-0.39, 0.29) is 17.4 Å². The third-order valence-corrected chi connectivity index (χ3v) is 5.83. The maximum atomic E-state index is 13.6. The molecule has 1 atom stereocenters. The van der Waals surface area contributed by atoms with Gasteiger partial charge in [0, 0.05) is 11.1 Å². The van der Waals surface area contributed by atoms with Crippen LogP contribution in [0, 0.1) is 11.6 Å². The van der Waals surface area contributed by atoms with Gasteiger partial charge >= 0.3 is 0 Å². The van der Waals surface area contributed by atoms with Crippen LogP contribution in [0.2, 0.25) is 0 Å². The summed E-state index contributed by atoms with van der Waals surface area (Å²) >= 11 is 0. The van der Waals surface area contributed by atoms with Gasteiger partial charge < -0.3 is 9.64 Å². The quantitative estimate of drug-likeness (QED) is 0.484. The smallest absolute Gasteiger partial charge is 0.193 e. The monoisotopic (exact) mass is 421 g/mol. The van der Waals surface area contributed by atoms with E-state index in [1.165, 1.54) is 36.4 Å². The van der Waals surface area contributed by atoms with Crippen LogP contribution in [0.5, 0.6) is 0 Å². The molecule has 0 radical (unpaired) electrons. The molecule has 0 N–H and O–H groups in total. The van der Waals surface area contributed by atoms with Crippen LogP contribution < -0.4 is 0 Å². The van der Waals surface area contributed by atoms with Crippen LogP contribution >= 0.6 is 0 Å². The minimum Gasteiger partial charge on any atom is -0.361 e. The van der Waals surface area contributed by atoms with Gasteiger partial charge in [0.15, 0.2) is 5.78 Å². The first kappa shape index (κ1) is 21.3. The number of carbonyl (C=O) groups excluding carboxylic acids is 1. The van der Waals surface area contributed by atoms with Crippen LogP contribution in [0.25, 0.3) is 0 Å². The molecular formula is C26H25F2NO2. The van der Waals surface area contributed by atoms with E-state index in [4.69, 9.17) is 4.74 Å². The van der Waals surface area contributed by atoms with Crippen LogP contribution in [-0.2, 0) is 16.9 Å². The molecule has 31 heavy (non-hydrogen) atoms. The number of hydrogen-bond donors (Lipinski definition) is 0. The topological polar surface area (TPSA) is 29.5 Å². The number of hydrogen-bond acceptors (Lipinski definition) is 3. The Morgan fingerprint density at radius 1 is 0.935 bits per heavy atom. The van der Waals surface area contributed by atoms with E-state index in [1.54, 1.807) is 18.2 Å². The zero-order valence-corrected chi connectivity index (χ0v) is 17.7. The first-order chi connectivity index (χ1) is 14.9. The first-order valence-corrected chi connectivity index (χ1v) is 10.4. The molecule has 1 aliphatic rings. The summed E-state index contributed by atoms with van der Waals surface area (Å²) in [5.74, 6) is -0.818. The average Bonchev–Trinajstić information content (AvgIpc) is 3.13. The molecule has 0 aliphatic carbocycles. The van der Waals surface area contributed by atoms with Gasteiger partial charge in [-0.3, -0.25) is 4.79 Å². The Kier molecular flexibility index (Phi) is 5.99. The Hall–Kier alpha value is -2.89. The van der Waals surface area contributed by atoms with Crippen molar-refractivity contribution in [2.45, 2.75) is 25.0 Å². The highest BCUT2D eigenvalue weighted by Crippen LogP contribution is 2.45. The van der Waals surface area contributed by atoms with E-state index in [1.807, 2.05) is 26.2 Å². The molecule has 1 heterocycles. The summed E-state index contributed by atoms with van der Waals surface area (Å²) in [6.45, 7) is 1.28. The second-order valence-electron chi connectivity index (χ2n) is 8.24. The molecular weight excluding hydrogens is 396 g/mol. The molecule has 5 heteroatoms. The van der Waals surface area contributed by atoms with Crippen LogP contribution in [0.3, 0.4) is 0 Å². The summed E-state index contributed by atoms with van der Waals surface area (Å²) in [7, 11) is 4.06. The van der Waals surface area contributed by atoms with Crippen LogP contribution in [-0.4, -0.2) is 31.3 Å². The van der Waals surface area contributed by atoms with E-state index >= 15 is 0 Å². The highest BCUT2D eigenvalue weighted by atomic mass is 19.1. The predicted octanol–water partition coefficient (Wildman–Crippen LogP) is 5.31. The van der Waals surface area contributed by atoms with Crippen LogP contribution in [0.1, 0.15) is 45.5 Å². The highest BCUT2D eigenvalue weighted by Gasteiger charge is 2.41. The Morgan fingerprint density at radius 3 is 2.19 bits per heavy atom. The van der Waals surface area contributed by atoms with Crippen molar-refractivity contribution in [3.63, 3.8) is 0 Å². The maximum Gasteiger partial charge on any atom is 0.193 e. The molecule has 0 aromatic heterocycles. The lowest BCUT2D eigenvalue weighted by atomic mass is 9.81. The number of ether oxygens (including phenoxy) is 1. The van der Waals surface area contributed by atoms with E-state index in [2.05, 4.69) is 4.90 Å². The molecule has 4 rings (SSSR count). The van der Waals surface area contributed by atoms with Gasteiger partial charge in [0.2, 0.25) is 0 Å². The van der Waals surface area contributed by atoms with Gasteiger partial charge in [-0.1, -0.05) is 24.3 Å². The summed E-state index contributed by atoms with van der Waals surface area (Å²) in [6, 6.07) is 17.6. The molecule has 3 aromatic carbocycles. The normalized spacial score (nSPS) is 17.7. The van der Waals surface area contributed by atoms with E-state index in [0.29, 0.717) is 17.7 Å². The van der Waals surface area contributed by atoms with Crippen molar-refractivity contribution in [3.8, 4) is 0 Å². The van der Waals surface area contributed by atoms with Crippen molar-refractivity contribution < 1.29 is 18.3 Å². The summed E-state index contributed by atoms with van der Waals surface area (Å²) in [5, 5.41) is 0. The fraction of sp³-hybridized carbons (Fsp3) is 0.269. The van der Waals surface area contributed by atoms with Gasteiger partial charge in [-0.25, -0.2) is 8.78 Å². The Bertz CT molecular complexity index is 1080. The van der Waals surface area contributed by atoms with Gasteiger partial charge in [0.25, 0.3) is 0 Å². The zero-order valence-electron chi connectivity index (χ0n) is 17.7. The van der Waals surface area contributed by atoms with E-state index in [0.717, 1.165) is 36.1 Å². The van der Waals surface area contributed by atoms with E-state index in [9.17, 15) is 13.6 Å². The van der Waals surface area contributed by atoms with Gasteiger partial charge in [-0.15, -0.1) is 0 Å². The highest BCUT2D eigenvalue weighted by molar-refractivity contribution is 6.09. The predicted molar refractivity (Wildman–Crippen MR) is 116 cm³/mol. The molecule has 0 bridgehead atoms. The zero-order chi connectivity index (χ0) is 22.0. The SMILES string of the molecule is CN(C)CCCC1(c2ccc(F)cc2)OCc2cc(C(=O)c3ccc(F)cc3)ccc21. The van der Waals surface area contributed by atoms with E-state index < -0.39 is 5.60 Å². The number of fused-ring (bicyclic) bond motifs is 1. The molecule has 0 spiro atoms. The van der Waals surface area contributed by atoms with Crippen molar-refractivity contribution in [1.29, 1.82) is 0 Å². The Morgan fingerprint density at radius 2 is 1.55 bits per heavy atom. The average molecular weight is 421 g/mol. The summed E-state index contributed by atoms with van der Waals surface area (Å²) in [6.07, 6.45) is 1.65. The fourth-order valence-electron chi connectivity index (χ4n) is 4.25. The Balaban J connectivity index is 1.69. The number of halogens is 2. The third-order valence-electron chi connectivity index (χ3n) is 5.83. The number of carbonyl (C=O) groups is 1. The fourth-order valence-corrected chi connectivity index (χ4v) is 4.25. The molecule has 3 aromatic rings. The minimum absolute atomic E-state index is 0.158. The molecule has 0 saturated heterocycles. The molecule has 0 amide bonds.